The first-order valence-corrected chi connectivity index (χ1v) is 8.31. The largest absolute Gasteiger partial charge is 0.352 e. The van der Waals surface area contributed by atoms with Crippen molar-refractivity contribution in [3.8, 4) is 0 Å². The van der Waals surface area contributed by atoms with Gasteiger partial charge in [0.25, 0.3) is 0 Å². The standard InChI is InChI=1S/C14H16BrClN4O/c1-8(14(21)18-10-2-3-10)20-12(4-5-16)19-11-6-9(15)7-17-13(11)20/h6-8,10H,2-5H2,1H3,(H,18,21). The van der Waals surface area contributed by atoms with E-state index in [1.165, 1.54) is 0 Å². The van der Waals surface area contributed by atoms with Crippen LogP contribution in [0, 0.1) is 0 Å². The number of amides is 1. The van der Waals surface area contributed by atoms with Gasteiger partial charge in [0, 0.05) is 29.0 Å². The lowest BCUT2D eigenvalue weighted by Crippen LogP contribution is -2.33. The van der Waals surface area contributed by atoms with Crippen LogP contribution >= 0.6 is 27.5 Å². The number of carbonyl (C=O) groups is 1. The maximum atomic E-state index is 12.3. The van der Waals surface area contributed by atoms with Crippen molar-refractivity contribution in [2.45, 2.75) is 38.3 Å². The Morgan fingerprint density at radius 2 is 2.38 bits per heavy atom. The van der Waals surface area contributed by atoms with Gasteiger partial charge in [-0.15, -0.1) is 11.6 Å². The third-order valence-corrected chi connectivity index (χ3v) is 4.20. The molecule has 0 spiro atoms. The fourth-order valence-corrected chi connectivity index (χ4v) is 2.83. The highest BCUT2D eigenvalue weighted by atomic mass is 79.9. The van der Waals surface area contributed by atoms with Crippen molar-refractivity contribution < 1.29 is 4.79 Å². The number of pyridine rings is 1. The topological polar surface area (TPSA) is 59.8 Å². The van der Waals surface area contributed by atoms with Crippen molar-refractivity contribution in [3.05, 3.63) is 22.6 Å². The number of rotatable bonds is 5. The summed E-state index contributed by atoms with van der Waals surface area (Å²) in [6.07, 6.45) is 4.47. The molecule has 1 unspecified atom stereocenters. The Morgan fingerprint density at radius 3 is 3.05 bits per heavy atom. The second-order valence-corrected chi connectivity index (χ2v) is 6.59. The zero-order chi connectivity index (χ0) is 15.0. The van der Waals surface area contributed by atoms with Crippen molar-refractivity contribution in [2.24, 2.45) is 0 Å². The van der Waals surface area contributed by atoms with Gasteiger partial charge in [-0.05, 0) is 41.8 Å². The summed E-state index contributed by atoms with van der Waals surface area (Å²) in [5.41, 5.74) is 1.49. The third-order valence-electron chi connectivity index (χ3n) is 3.58. The lowest BCUT2D eigenvalue weighted by atomic mass is 10.3. The number of carbonyl (C=O) groups excluding carboxylic acids is 1. The Kier molecular flexibility index (Phi) is 4.17. The van der Waals surface area contributed by atoms with Crippen molar-refractivity contribution in [2.75, 3.05) is 5.88 Å². The first-order chi connectivity index (χ1) is 10.1. The monoisotopic (exact) mass is 370 g/mol. The lowest BCUT2D eigenvalue weighted by Gasteiger charge is -2.16. The molecule has 1 N–H and O–H groups in total. The molecule has 0 aromatic carbocycles. The molecule has 112 valence electrons. The Hall–Kier alpha value is -1.14. The van der Waals surface area contributed by atoms with Gasteiger partial charge in [-0.25, -0.2) is 9.97 Å². The van der Waals surface area contributed by atoms with Gasteiger partial charge in [0.1, 0.15) is 17.4 Å². The van der Waals surface area contributed by atoms with Gasteiger partial charge < -0.3 is 9.88 Å². The van der Waals surface area contributed by atoms with E-state index in [4.69, 9.17) is 11.6 Å². The Bertz CT molecular complexity index is 683. The molecule has 1 atom stereocenters. The highest BCUT2D eigenvalue weighted by molar-refractivity contribution is 9.10. The number of aromatic nitrogens is 3. The molecule has 3 rings (SSSR count). The van der Waals surface area contributed by atoms with Gasteiger partial charge in [0.2, 0.25) is 5.91 Å². The van der Waals surface area contributed by atoms with Gasteiger partial charge in [0.15, 0.2) is 5.65 Å². The fourth-order valence-electron chi connectivity index (χ4n) is 2.34. The van der Waals surface area contributed by atoms with Crippen molar-refractivity contribution in [1.82, 2.24) is 19.9 Å². The van der Waals surface area contributed by atoms with E-state index in [0.29, 0.717) is 18.3 Å². The van der Waals surface area contributed by atoms with Crippen LogP contribution in [0.1, 0.15) is 31.6 Å². The molecule has 0 bridgehead atoms. The fraction of sp³-hybridized carbons (Fsp3) is 0.500. The summed E-state index contributed by atoms with van der Waals surface area (Å²) >= 11 is 9.26. The molecule has 5 nitrogen and oxygen atoms in total. The summed E-state index contributed by atoms with van der Waals surface area (Å²) in [5.74, 6) is 1.27. The number of nitrogens with zero attached hydrogens (tertiary/aromatic N) is 3. The number of fused-ring (bicyclic) bond motifs is 1. The summed E-state index contributed by atoms with van der Waals surface area (Å²) in [6, 6.07) is 1.90. The molecule has 1 aliphatic carbocycles. The molecule has 0 aliphatic heterocycles. The smallest absolute Gasteiger partial charge is 0.243 e. The zero-order valence-corrected chi connectivity index (χ0v) is 14.0. The average molecular weight is 372 g/mol. The van der Waals surface area contributed by atoms with E-state index < -0.39 is 0 Å². The minimum absolute atomic E-state index is 0.0114. The van der Waals surface area contributed by atoms with Gasteiger partial charge in [-0.2, -0.15) is 0 Å². The predicted octanol–water partition coefficient (Wildman–Crippen LogP) is 2.81. The number of hydrogen-bond acceptors (Lipinski definition) is 3. The predicted molar refractivity (Wildman–Crippen MR) is 85.5 cm³/mol. The third kappa shape index (κ3) is 3.06. The van der Waals surface area contributed by atoms with E-state index in [-0.39, 0.29) is 11.9 Å². The van der Waals surface area contributed by atoms with Crippen LogP contribution in [0.25, 0.3) is 11.2 Å². The molecule has 1 saturated carbocycles. The molecule has 1 fully saturated rings. The zero-order valence-electron chi connectivity index (χ0n) is 11.6. The molecule has 2 heterocycles. The quantitative estimate of drug-likeness (QED) is 0.822. The number of halogens is 2. The van der Waals surface area contributed by atoms with Crippen LogP contribution in [-0.4, -0.2) is 32.4 Å². The number of aryl methyl sites for hydroxylation is 1. The molecule has 0 saturated heterocycles. The Morgan fingerprint density at radius 1 is 1.62 bits per heavy atom. The Balaban J connectivity index is 2.00. The van der Waals surface area contributed by atoms with Crippen LogP contribution in [0.3, 0.4) is 0 Å². The number of imidazole rings is 1. The molecule has 2 aromatic heterocycles. The summed E-state index contributed by atoms with van der Waals surface area (Å²) in [4.78, 5) is 21.3. The summed E-state index contributed by atoms with van der Waals surface area (Å²) in [6.45, 7) is 1.88. The maximum Gasteiger partial charge on any atom is 0.243 e. The highest BCUT2D eigenvalue weighted by Crippen LogP contribution is 2.25. The van der Waals surface area contributed by atoms with Crippen LogP contribution in [-0.2, 0) is 11.2 Å². The normalized spacial score (nSPS) is 16.1. The summed E-state index contributed by atoms with van der Waals surface area (Å²) in [7, 11) is 0. The highest BCUT2D eigenvalue weighted by Gasteiger charge is 2.28. The molecule has 1 aliphatic rings. The first kappa shape index (κ1) is 14.8. The van der Waals surface area contributed by atoms with E-state index in [2.05, 4.69) is 31.2 Å². The summed E-state index contributed by atoms with van der Waals surface area (Å²) < 4.78 is 2.76. The maximum absolute atomic E-state index is 12.3. The van der Waals surface area contributed by atoms with E-state index in [0.717, 1.165) is 34.3 Å². The second-order valence-electron chi connectivity index (χ2n) is 5.29. The van der Waals surface area contributed by atoms with Crippen LogP contribution in [0.15, 0.2) is 16.7 Å². The van der Waals surface area contributed by atoms with Crippen LogP contribution in [0.5, 0.6) is 0 Å². The van der Waals surface area contributed by atoms with Crippen molar-refractivity contribution in [3.63, 3.8) is 0 Å². The molecule has 21 heavy (non-hydrogen) atoms. The van der Waals surface area contributed by atoms with Gasteiger partial charge in [-0.1, -0.05) is 0 Å². The van der Waals surface area contributed by atoms with E-state index in [9.17, 15) is 4.79 Å². The van der Waals surface area contributed by atoms with Crippen LogP contribution in [0.4, 0.5) is 0 Å². The van der Waals surface area contributed by atoms with Gasteiger partial charge in [0.05, 0.1) is 0 Å². The molecule has 1 amide bonds. The van der Waals surface area contributed by atoms with E-state index in [1.807, 2.05) is 17.6 Å². The number of nitrogens with one attached hydrogen (secondary N) is 1. The van der Waals surface area contributed by atoms with Gasteiger partial charge in [-0.3, -0.25) is 4.79 Å². The minimum Gasteiger partial charge on any atom is -0.352 e. The molecular formula is C14H16BrClN4O. The van der Waals surface area contributed by atoms with E-state index in [1.54, 1.807) is 6.20 Å². The molecule has 2 aromatic rings. The van der Waals surface area contributed by atoms with Crippen LogP contribution in [0.2, 0.25) is 0 Å². The average Bonchev–Trinajstić information content (AvgIpc) is 3.18. The summed E-state index contributed by atoms with van der Waals surface area (Å²) in [5, 5.41) is 3.03. The lowest BCUT2D eigenvalue weighted by molar-refractivity contribution is -0.124. The minimum atomic E-state index is -0.345. The molecule has 7 heteroatoms. The second kappa shape index (κ2) is 5.93. The Labute approximate surface area is 136 Å². The number of alkyl halides is 1. The van der Waals surface area contributed by atoms with Gasteiger partial charge >= 0.3 is 0 Å². The SMILES string of the molecule is CC(C(=O)NC1CC1)n1c(CCCl)nc2cc(Br)cnc21. The van der Waals surface area contributed by atoms with E-state index >= 15 is 0 Å². The van der Waals surface area contributed by atoms with Crippen molar-refractivity contribution in [1.29, 1.82) is 0 Å². The number of hydrogen-bond donors (Lipinski definition) is 1. The van der Waals surface area contributed by atoms with Crippen LogP contribution < -0.4 is 5.32 Å². The first-order valence-electron chi connectivity index (χ1n) is 6.99. The molecular weight excluding hydrogens is 356 g/mol. The molecule has 0 radical (unpaired) electrons. The van der Waals surface area contributed by atoms with Crippen molar-refractivity contribution >= 4 is 44.6 Å².